The Morgan fingerprint density at radius 1 is 0.885 bits per heavy atom. The molecule has 26 heavy (non-hydrogen) atoms. The van der Waals surface area contributed by atoms with Crippen LogP contribution in [0.5, 0.6) is 5.75 Å². The Balaban J connectivity index is 2.06. The lowest BCUT2D eigenvalue weighted by Crippen LogP contribution is -2.25. The van der Waals surface area contributed by atoms with Gasteiger partial charge in [0.05, 0.1) is 0 Å². The molecule has 0 atom stereocenters. The molecule has 0 aliphatic carbocycles. The smallest absolute Gasteiger partial charge is 0.428 e. The first-order valence-electron chi connectivity index (χ1n) is 8.66. The third-order valence-corrected chi connectivity index (χ3v) is 4.12. The highest BCUT2D eigenvalue weighted by Crippen LogP contribution is 2.23. The molecule has 0 unspecified atom stereocenters. The minimum Gasteiger partial charge on any atom is -0.428 e. The first-order valence-corrected chi connectivity index (χ1v) is 12.2. The van der Waals surface area contributed by atoms with Crippen LogP contribution in [0.2, 0.25) is 19.6 Å². The van der Waals surface area contributed by atoms with Crippen molar-refractivity contribution in [3.63, 3.8) is 0 Å². The number of carbonyl (C=O) groups is 1. The van der Waals surface area contributed by atoms with Crippen molar-refractivity contribution in [2.45, 2.75) is 46.0 Å². The predicted molar refractivity (Wildman–Crippen MR) is 109 cm³/mol. The summed E-state index contributed by atoms with van der Waals surface area (Å²) in [6, 6.07) is 15.5. The predicted octanol–water partition coefficient (Wildman–Crippen LogP) is 5.90. The molecule has 0 aromatic heterocycles. The molecular weight excluding hydrogens is 340 g/mol. The van der Waals surface area contributed by atoms with E-state index in [1.54, 1.807) is 32.9 Å². The quantitative estimate of drug-likeness (QED) is 0.287. The van der Waals surface area contributed by atoms with Crippen molar-refractivity contribution in [1.29, 1.82) is 0 Å². The molecular formula is C22H26O3Si. The van der Waals surface area contributed by atoms with Gasteiger partial charge in [-0.1, -0.05) is 49.8 Å². The lowest BCUT2D eigenvalue weighted by atomic mass is 10.0. The van der Waals surface area contributed by atoms with E-state index in [1.807, 2.05) is 24.3 Å². The van der Waals surface area contributed by atoms with Crippen molar-refractivity contribution in [3.05, 3.63) is 54.1 Å². The van der Waals surface area contributed by atoms with Crippen LogP contribution in [0.25, 0.3) is 11.1 Å². The summed E-state index contributed by atoms with van der Waals surface area (Å²) >= 11 is 0. The van der Waals surface area contributed by atoms with Gasteiger partial charge in [-0.25, -0.2) is 4.79 Å². The van der Waals surface area contributed by atoms with Crippen molar-refractivity contribution in [1.82, 2.24) is 0 Å². The molecule has 2 aromatic carbocycles. The second-order valence-corrected chi connectivity index (χ2v) is 12.9. The number of benzene rings is 2. The third-order valence-electron chi connectivity index (χ3n) is 3.25. The van der Waals surface area contributed by atoms with E-state index in [-0.39, 0.29) is 0 Å². The van der Waals surface area contributed by atoms with Crippen LogP contribution in [0.1, 0.15) is 26.3 Å². The van der Waals surface area contributed by atoms with Crippen LogP contribution in [0.3, 0.4) is 0 Å². The summed E-state index contributed by atoms with van der Waals surface area (Å²) in [5, 5.41) is 0. The monoisotopic (exact) mass is 366 g/mol. The molecule has 3 nitrogen and oxygen atoms in total. The highest BCUT2D eigenvalue weighted by Gasteiger charge is 2.18. The van der Waals surface area contributed by atoms with Crippen LogP contribution < -0.4 is 4.74 Å². The van der Waals surface area contributed by atoms with Crippen LogP contribution >= 0.6 is 0 Å². The maximum Gasteiger partial charge on any atom is 0.514 e. The van der Waals surface area contributed by atoms with Gasteiger partial charge in [-0.15, -0.1) is 5.54 Å². The van der Waals surface area contributed by atoms with Gasteiger partial charge in [-0.3, -0.25) is 0 Å². The minimum atomic E-state index is -1.37. The van der Waals surface area contributed by atoms with Gasteiger partial charge in [-0.05, 0) is 56.2 Å². The van der Waals surface area contributed by atoms with E-state index in [1.165, 1.54) is 0 Å². The first-order chi connectivity index (χ1) is 12.0. The molecule has 0 saturated heterocycles. The van der Waals surface area contributed by atoms with Gasteiger partial charge in [0.25, 0.3) is 0 Å². The van der Waals surface area contributed by atoms with Crippen LogP contribution in [0, 0.1) is 11.5 Å². The normalized spacial score (nSPS) is 11.3. The molecule has 0 bridgehead atoms. The van der Waals surface area contributed by atoms with Crippen molar-refractivity contribution in [2.24, 2.45) is 0 Å². The highest BCUT2D eigenvalue weighted by molar-refractivity contribution is 6.83. The maximum atomic E-state index is 11.7. The van der Waals surface area contributed by atoms with E-state index in [4.69, 9.17) is 9.47 Å². The SMILES string of the molecule is CC(C)(C)OC(=O)Oc1ccc(-c2ccc(C#C[Si](C)(C)C)cc2)cc1. The number of carbonyl (C=O) groups excluding carboxylic acids is 1. The van der Waals surface area contributed by atoms with Crippen molar-refractivity contribution < 1.29 is 14.3 Å². The molecule has 4 heteroatoms. The third kappa shape index (κ3) is 6.77. The van der Waals surface area contributed by atoms with Gasteiger partial charge in [0.1, 0.15) is 19.4 Å². The fourth-order valence-electron chi connectivity index (χ4n) is 2.09. The molecule has 0 saturated carbocycles. The zero-order valence-corrected chi connectivity index (χ0v) is 17.3. The van der Waals surface area contributed by atoms with Gasteiger partial charge >= 0.3 is 6.16 Å². The zero-order chi connectivity index (χ0) is 19.4. The van der Waals surface area contributed by atoms with E-state index in [0.29, 0.717) is 5.75 Å². The standard InChI is InChI=1S/C22H26O3Si/c1-22(2,3)25-21(23)24-20-13-11-19(12-14-20)18-9-7-17(8-10-18)15-16-26(4,5)6/h7-14H,1-6H3. The average molecular weight is 367 g/mol. The molecule has 0 N–H and O–H groups in total. The summed E-state index contributed by atoms with van der Waals surface area (Å²) in [6.07, 6.45) is -0.699. The second-order valence-electron chi connectivity index (χ2n) is 8.17. The molecule has 0 aliphatic heterocycles. The zero-order valence-electron chi connectivity index (χ0n) is 16.3. The fourth-order valence-corrected chi connectivity index (χ4v) is 2.61. The summed E-state index contributed by atoms with van der Waals surface area (Å²) in [6.45, 7) is 12.1. The molecule has 0 amide bonds. The van der Waals surface area contributed by atoms with Crippen LogP contribution in [0.15, 0.2) is 48.5 Å². The number of ether oxygens (including phenoxy) is 2. The van der Waals surface area contributed by atoms with Gasteiger partial charge in [0.15, 0.2) is 0 Å². The van der Waals surface area contributed by atoms with Crippen molar-refractivity contribution >= 4 is 14.2 Å². The van der Waals surface area contributed by atoms with E-state index in [2.05, 4.69) is 43.2 Å². The largest absolute Gasteiger partial charge is 0.514 e. The fraction of sp³-hybridized carbons (Fsp3) is 0.318. The van der Waals surface area contributed by atoms with Crippen molar-refractivity contribution in [2.75, 3.05) is 0 Å². The van der Waals surface area contributed by atoms with Gasteiger partial charge < -0.3 is 9.47 Å². The Morgan fingerprint density at radius 3 is 1.85 bits per heavy atom. The average Bonchev–Trinajstić information content (AvgIpc) is 2.52. The van der Waals surface area contributed by atoms with Gasteiger partial charge in [0, 0.05) is 5.56 Å². The molecule has 2 rings (SSSR count). The van der Waals surface area contributed by atoms with Gasteiger partial charge in [-0.2, -0.15) is 0 Å². The summed E-state index contributed by atoms with van der Waals surface area (Å²) in [7, 11) is -1.37. The highest BCUT2D eigenvalue weighted by atomic mass is 28.3. The lowest BCUT2D eigenvalue weighted by molar-refractivity contribution is 0.0206. The summed E-state index contributed by atoms with van der Waals surface area (Å²) < 4.78 is 10.3. The molecule has 0 radical (unpaired) electrons. The van der Waals surface area contributed by atoms with Gasteiger partial charge in [0.2, 0.25) is 0 Å². The van der Waals surface area contributed by atoms with E-state index < -0.39 is 19.8 Å². The topological polar surface area (TPSA) is 35.5 Å². The summed E-state index contributed by atoms with van der Waals surface area (Å²) in [5.74, 6) is 3.71. The van der Waals surface area contributed by atoms with Crippen LogP contribution in [-0.4, -0.2) is 19.8 Å². The minimum absolute atomic E-state index is 0.459. The number of hydrogen-bond donors (Lipinski definition) is 0. The molecule has 0 aliphatic rings. The Kier molecular flexibility index (Phi) is 5.94. The molecule has 2 aromatic rings. The summed E-state index contributed by atoms with van der Waals surface area (Å²) in [5.41, 5.74) is 5.96. The molecule has 136 valence electrons. The lowest BCUT2D eigenvalue weighted by Gasteiger charge is -2.18. The van der Waals surface area contributed by atoms with Crippen LogP contribution in [0.4, 0.5) is 4.79 Å². The number of rotatable bonds is 2. The first kappa shape index (κ1) is 19.8. The Bertz CT molecular complexity index is 811. The Labute approximate surface area is 157 Å². The van der Waals surface area contributed by atoms with Crippen LogP contribution in [-0.2, 0) is 4.74 Å². The molecule has 0 heterocycles. The number of hydrogen-bond acceptors (Lipinski definition) is 3. The summed E-state index contributed by atoms with van der Waals surface area (Å²) in [4.78, 5) is 11.7. The second kappa shape index (κ2) is 7.80. The Hall–Kier alpha value is -2.51. The molecule has 0 fully saturated rings. The van der Waals surface area contributed by atoms with Crippen molar-refractivity contribution in [3.8, 4) is 28.3 Å². The molecule has 0 spiro atoms. The van der Waals surface area contributed by atoms with E-state index in [9.17, 15) is 4.79 Å². The Morgan fingerprint density at radius 2 is 1.38 bits per heavy atom. The van der Waals surface area contributed by atoms with E-state index >= 15 is 0 Å². The maximum absolute atomic E-state index is 11.7. The van der Waals surface area contributed by atoms with E-state index in [0.717, 1.165) is 16.7 Å².